The van der Waals surface area contributed by atoms with Crippen molar-refractivity contribution in [3.63, 3.8) is 0 Å². The molecule has 21 heavy (non-hydrogen) atoms. The van der Waals surface area contributed by atoms with Gasteiger partial charge >= 0.3 is 12.0 Å². The van der Waals surface area contributed by atoms with Crippen molar-refractivity contribution in [3.8, 4) is 0 Å². The Labute approximate surface area is 123 Å². The fourth-order valence-electron chi connectivity index (χ4n) is 2.39. The number of carbonyl (C=O) groups excluding carboxylic acids is 1. The van der Waals surface area contributed by atoms with E-state index in [1.165, 1.54) is 0 Å². The number of nitrogens with zero attached hydrogens (tertiary/aromatic N) is 1. The van der Waals surface area contributed by atoms with E-state index in [1.807, 2.05) is 6.07 Å². The second kappa shape index (κ2) is 7.08. The Morgan fingerprint density at radius 1 is 1.38 bits per heavy atom. The molecule has 1 aromatic carbocycles. The average molecular weight is 292 g/mol. The summed E-state index contributed by atoms with van der Waals surface area (Å²) in [4.78, 5) is 24.8. The Bertz CT molecular complexity index is 530. The predicted octanol–water partition coefficient (Wildman–Crippen LogP) is 1.49. The third-order valence-electron chi connectivity index (χ3n) is 3.55. The fourth-order valence-corrected chi connectivity index (χ4v) is 2.39. The summed E-state index contributed by atoms with van der Waals surface area (Å²) in [6.07, 6.45) is 1.52. The van der Waals surface area contributed by atoms with E-state index in [1.54, 1.807) is 24.1 Å². The van der Waals surface area contributed by atoms with Crippen LogP contribution in [0.15, 0.2) is 18.2 Å². The number of benzene rings is 1. The lowest BCUT2D eigenvalue weighted by molar-refractivity contribution is 0.0696. The lowest BCUT2D eigenvalue weighted by atomic mass is 9.97. The first-order chi connectivity index (χ1) is 10.1. The van der Waals surface area contributed by atoms with Crippen LogP contribution in [-0.2, 0) is 17.7 Å². The smallest absolute Gasteiger partial charge is 0.335 e. The number of hydrogen-bond acceptors (Lipinski definition) is 3. The Balaban J connectivity index is 1.96. The zero-order valence-electron chi connectivity index (χ0n) is 12.1. The van der Waals surface area contributed by atoms with Crippen molar-refractivity contribution in [1.82, 2.24) is 10.2 Å². The maximum Gasteiger partial charge on any atom is 0.335 e. The van der Waals surface area contributed by atoms with Crippen LogP contribution in [-0.4, -0.2) is 48.8 Å². The summed E-state index contributed by atoms with van der Waals surface area (Å²) in [7, 11) is 1.63. The van der Waals surface area contributed by atoms with Crippen LogP contribution in [0.5, 0.6) is 0 Å². The Hall–Kier alpha value is -2.08. The molecule has 0 aliphatic carbocycles. The largest absolute Gasteiger partial charge is 0.478 e. The number of urea groups is 1. The van der Waals surface area contributed by atoms with Crippen molar-refractivity contribution in [3.05, 3.63) is 34.9 Å². The molecule has 2 amide bonds. The number of fused-ring (bicyclic) bond motifs is 1. The van der Waals surface area contributed by atoms with Crippen molar-refractivity contribution in [2.45, 2.75) is 19.4 Å². The van der Waals surface area contributed by atoms with Gasteiger partial charge in [-0.25, -0.2) is 9.59 Å². The number of nitrogens with one attached hydrogen (secondary N) is 1. The SMILES string of the molecule is COCCCNC(=O)N1CCc2ccc(C(=O)O)cc2C1. The van der Waals surface area contributed by atoms with Crippen LogP contribution in [0.1, 0.15) is 27.9 Å². The lowest BCUT2D eigenvalue weighted by Gasteiger charge is -2.29. The lowest BCUT2D eigenvalue weighted by Crippen LogP contribution is -2.43. The van der Waals surface area contributed by atoms with Gasteiger partial charge in [0.2, 0.25) is 0 Å². The van der Waals surface area contributed by atoms with Crippen LogP contribution in [0.4, 0.5) is 4.79 Å². The molecule has 6 heteroatoms. The summed E-state index contributed by atoms with van der Waals surface area (Å²) in [5.74, 6) is -0.945. The van der Waals surface area contributed by atoms with Gasteiger partial charge in [0.25, 0.3) is 0 Å². The summed E-state index contributed by atoms with van der Waals surface area (Å²) < 4.78 is 4.93. The number of methoxy groups -OCH3 is 1. The number of carboxylic acids is 1. The number of ether oxygens (including phenoxy) is 1. The number of aromatic carboxylic acids is 1. The first kappa shape index (κ1) is 15.3. The normalized spacial score (nSPS) is 13.7. The standard InChI is InChI=1S/C15H20N2O4/c1-21-8-2-6-16-15(20)17-7-5-11-3-4-12(14(18)19)9-13(11)10-17/h3-4,9H,2,5-8,10H2,1H3,(H,16,20)(H,18,19). The van der Waals surface area contributed by atoms with Crippen LogP contribution in [0.2, 0.25) is 0 Å². The highest BCUT2D eigenvalue weighted by Gasteiger charge is 2.21. The van der Waals surface area contributed by atoms with Crippen LogP contribution in [0, 0.1) is 0 Å². The second-order valence-corrected chi connectivity index (χ2v) is 5.04. The van der Waals surface area contributed by atoms with Crippen LogP contribution >= 0.6 is 0 Å². The van der Waals surface area contributed by atoms with Crippen LogP contribution < -0.4 is 5.32 Å². The zero-order valence-corrected chi connectivity index (χ0v) is 12.1. The topological polar surface area (TPSA) is 78.9 Å². The predicted molar refractivity (Wildman–Crippen MR) is 77.4 cm³/mol. The van der Waals surface area contributed by atoms with E-state index in [2.05, 4.69) is 5.32 Å². The van der Waals surface area contributed by atoms with E-state index in [-0.39, 0.29) is 11.6 Å². The molecule has 0 saturated heterocycles. The highest BCUT2D eigenvalue weighted by atomic mass is 16.5. The molecule has 1 aliphatic heterocycles. The monoisotopic (exact) mass is 292 g/mol. The molecule has 0 aromatic heterocycles. The van der Waals surface area contributed by atoms with E-state index in [0.717, 1.165) is 24.0 Å². The van der Waals surface area contributed by atoms with Gasteiger partial charge in [-0.1, -0.05) is 6.07 Å². The van der Waals surface area contributed by atoms with Gasteiger partial charge in [0.1, 0.15) is 0 Å². The van der Waals surface area contributed by atoms with Gasteiger partial charge in [0.15, 0.2) is 0 Å². The van der Waals surface area contributed by atoms with Gasteiger partial charge in [0, 0.05) is 33.4 Å². The van der Waals surface area contributed by atoms with Crippen LogP contribution in [0.25, 0.3) is 0 Å². The molecule has 114 valence electrons. The maximum atomic E-state index is 12.0. The molecule has 0 atom stereocenters. The molecule has 0 saturated carbocycles. The minimum absolute atomic E-state index is 0.113. The van der Waals surface area contributed by atoms with E-state index in [0.29, 0.717) is 26.2 Å². The molecule has 2 N–H and O–H groups in total. The number of hydrogen-bond donors (Lipinski definition) is 2. The number of carboxylic acid groups (broad SMARTS) is 1. The van der Waals surface area contributed by atoms with Crippen molar-refractivity contribution in [1.29, 1.82) is 0 Å². The Morgan fingerprint density at radius 3 is 2.90 bits per heavy atom. The van der Waals surface area contributed by atoms with Gasteiger partial charge in [-0.05, 0) is 36.1 Å². The summed E-state index contributed by atoms with van der Waals surface area (Å²) in [6.45, 7) is 2.29. The van der Waals surface area contributed by atoms with Gasteiger partial charge < -0.3 is 20.1 Å². The molecular formula is C15H20N2O4. The van der Waals surface area contributed by atoms with E-state index >= 15 is 0 Å². The minimum atomic E-state index is -0.945. The summed E-state index contributed by atoms with van der Waals surface area (Å²) in [5.41, 5.74) is 2.28. The van der Waals surface area contributed by atoms with Crippen molar-refractivity contribution in [2.75, 3.05) is 26.8 Å². The molecule has 0 unspecified atom stereocenters. The van der Waals surface area contributed by atoms with Gasteiger partial charge in [-0.15, -0.1) is 0 Å². The van der Waals surface area contributed by atoms with Crippen molar-refractivity contribution < 1.29 is 19.4 Å². The first-order valence-electron chi connectivity index (χ1n) is 6.98. The fraction of sp³-hybridized carbons (Fsp3) is 0.467. The van der Waals surface area contributed by atoms with Gasteiger partial charge in [0.05, 0.1) is 5.56 Å². The molecule has 1 aliphatic rings. The quantitative estimate of drug-likeness (QED) is 0.806. The Morgan fingerprint density at radius 2 is 2.19 bits per heavy atom. The van der Waals surface area contributed by atoms with Crippen LogP contribution in [0.3, 0.4) is 0 Å². The summed E-state index contributed by atoms with van der Waals surface area (Å²) in [6, 6.07) is 4.99. The molecule has 1 aromatic rings. The first-order valence-corrected chi connectivity index (χ1v) is 6.98. The van der Waals surface area contributed by atoms with E-state index in [4.69, 9.17) is 9.84 Å². The molecule has 1 heterocycles. The van der Waals surface area contributed by atoms with E-state index in [9.17, 15) is 9.59 Å². The Kier molecular flexibility index (Phi) is 5.16. The summed E-state index contributed by atoms with van der Waals surface area (Å²) in [5, 5.41) is 11.9. The molecule has 6 nitrogen and oxygen atoms in total. The third kappa shape index (κ3) is 3.95. The highest BCUT2D eigenvalue weighted by molar-refractivity contribution is 5.88. The molecule has 0 fully saturated rings. The molecule has 0 spiro atoms. The molecule has 2 rings (SSSR count). The summed E-state index contributed by atoms with van der Waals surface area (Å²) >= 11 is 0. The average Bonchev–Trinajstić information content (AvgIpc) is 2.50. The molecule has 0 radical (unpaired) electrons. The minimum Gasteiger partial charge on any atom is -0.478 e. The van der Waals surface area contributed by atoms with Crippen molar-refractivity contribution >= 4 is 12.0 Å². The van der Waals surface area contributed by atoms with E-state index < -0.39 is 5.97 Å². The highest BCUT2D eigenvalue weighted by Crippen LogP contribution is 2.20. The molecule has 0 bridgehead atoms. The van der Waals surface area contributed by atoms with Gasteiger partial charge in [-0.2, -0.15) is 0 Å². The number of carbonyl (C=O) groups is 2. The molecular weight excluding hydrogens is 272 g/mol. The second-order valence-electron chi connectivity index (χ2n) is 5.04. The maximum absolute atomic E-state index is 12.0. The van der Waals surface area contributed by atoms with Gasteiger partial charge in [-0.3, -0.25) is 0 Å². The zero-order chi connectivity index (χ0) is 15.2. The third-order valence-corrected chi connectivity index (χ3v) is 3.55. The number of amides is 2. The number of rotatable bonds is 5. The van der Waals surface area contributed by atoms with Crippen molar-refractivity contribution in [2.24, 2.45) is 0 Å².